The zero-order chi connectivity index (χ0) is 14.5. The standard InChI is InChI=1S/C15H20ClNO2S/c1-11(15(18)17-13-7-3-4-8-13)20(19)10-12-6-2-5-9-14(12)16/h2,5-6,9,11,13H,3-4,7-8,10H2,1H3,(H,17,18)/t11-,20-/m1/s1. The van der Waals surface area contributed by atoms with E-state index in [1.54, 1.807) is 13.0 Å². The number of benzene rings is 1. The van der Waals surface area contributed by atoms with Gasteiger partial charge in [0.1, 0.15) is 5.25 Å². The predicted molar refractivity (Wildman–Crippen MR) is 83.2 cm³/mol. The lowest BCUT2D eigenvalue weighted by Crippen LogP contribution is -2.40. The number of carbonyl (C=O) groups is 1. The highest BCUT2D eigenvalue weighted by Gasteiger charge is 2.24. The number of hydrogen-bond acceptors (Lipinski definition) is 2. The largest absolute Gasteiger partial charge is 0.352 e. The highest BCUT2D eigenvalue weighted by atomic mass is 35.5. The molecular weight excluding hydrogens is 294 g/mol. The van der Waals surface area contributed by atoms with Crippen LogP contribution in [0, 0.1) is 0 Å². The van der Waals surface area contributed by atoms with Gasteiger partial charge in [-0.1, -0.05) is 42.6 Å². The second-order valence-corrected chi connectivity index (χ2v) is 7.41. The summed E-state index contributed by atoms with van der Waals surface area (Å²) in [5.74, 6) is 0.209. The quantitative estimate of drug-likeness (QED) is 0.908. The summed E-state index contributed by atoms with van der Waals surface area (Å²) in [7, 11) is -1.25. The molecule has 0 aromatic heterocycles. The smallest absolute Gasteiger partial charge is 0.235 e. The number of rotatable bonds is 5. The van der Waals surface area contributed by atoms with Crippen molar-refractivity contribution in [1.82, 2.24) is 5.32 Å². The maximum absolute atomic E-state index is 12.3. The van der Waals surface area contributed by atoms with Crippen LogP contribution in [0.4, 0.5) is 0 Å². The van der Waals surface area contributed by atoms with Crippen LogP contribution in [-0.4, -0.2) is 21.4 Å². The predicted octanol–water partition coefficient (Wildman–Crippen LogP) is 3.04. The van der Waals surface area contributed by atoms with E-state index < -0.39 is 16.0 Å². The van der Waals surface area contributed by atoms with Gasteiger partial charge in [-0.2, -0.15) is 0 Å². The minimum absolute atomic E-state index is 0.109. The molecule has 1 aromatic rings. The molecule has 5 heteroatoms. The molecular formula is C15H20ClNO2S. The van der Waals surface area contributed by atoms with Gasteiger partial charge in [0.25, 0.3) is 0 Å². The van der Waals surface area contributed by atoms with Gasteiger partial charge in [0, 0.05) is 21.9 Å². The van der Waals surface area contributed by atoms with Crippen molar-refractivity contribution in [3.05, 3.63) is 34.9 Å². The third-order valence-corrected chi connectivity index (χ3v) is 5.69. The summed E-state index contributed by atoms with van der Waals surface area (Å²) < 4.78 is 12.3. The van der Waals surface area contributed by atoms with E-state index >= 15 is 0 Å². The Morgan fingerprint density at radius 3 is 2.70 bits per heavy atom. The Kier molecular flexibility index (Phi) is 5.61. The fourth-order valence-electron chi connectivity index (χ4n) is 2.40. The lowest BCUT2D eigenvalue weighted by molar-refractivity contribution is -0.121. The molecule has 0 radical (unpaired) electrons. The van der Waals surface area contributed by atoms with E-state index in [1.165, 1.54) is 12.8 Å². The van der Waals surface area contributed by atoms with Gasteiger partial charge in [-0.25, -0.2) is 0 Å². The van der Waals surface area contributed by atoms with E-state index in [4.69, 9.17) is 11.6 Å². The van der Waals surface area contributed by atoms with E-state index in [2.05, 4.69) is 5.32 Å². The maximum Gasteiger partial charge on any atom is 0.235 e. The molecule has 2 atom stereocenters. The zero-order valence-electron chi connectivity index (χ0n) is 11.6. The Labute approximate surface area is 127 Å². The second kappa shape index (κ2) is 7.23. The Bertz CT molecular complexity index is 500. The Hall–Kier alpha value is -0.870. The molecule has 1 N–H and O–H groups in total. The van der Waals surface area contributed by atoms with Crippen molar-refractivity contribution in [2.75, 3.05) is 0 Å². The van der Waals surface area contributed by atoms with Gasteiger partial charge in [-0.05, 0) is 31.4 Å². The molecule has 1 aromatic carbocycles. The summed E-state index contributed by atoms with van der Waals surface area (Å²) in [4.78, 5) is 12.1. The van der Waals surface area contributed by atoms with E-state index in [9.17, 15) is 9.00 Å². The average Bonchev–Trinajstić information content (AvgIpc) is 2.93. The van der Waals surface area contributed by atoms with Gasteiger partial charge in [0.2, 0.25) is 5.91 Å². The van der Waals surface area contributed by atoms with Gasteiger partial charge in [0.05, 0.1) is 5.75 Å². The Morgan fingerprint density at radius 2 is 2.05 bits per heavy atom. The van der Waals surface area contributed by atoms with Crippen LogP contribution in [-0.2, 0) is 21.3 Å². The fourth-order valence-corrected chi connectivity index (χ4v) is 3.80. The molecule has 110 valence electrons. The molecule has 1 amide bonds. The molecule has 1 aliphatic rings. The summed E-state index contributed by atoms with van der Waals surface area (Å²) in [6.07, 6.45) is 4.41. The van der Waals surface area contributed by atoms with Crippen LogP contribution in [0.2, 0.25) is 5.02 Å². The van der Waals surface area contributed by atoms with Crippen molar-refractivity contribution in [1.29, 1.82) is 0 Å². The van der Waals surface area contributed by atoms with Crippen molar-refractivity contribution < 1.29 is 9.00 Å². The summed E-state index contributed by atoms with van der Waals surface area (Å²) in [6, 6.07) is 7.59. The van der Waals surface area contributed by atoms with Crippen molar-refractivity contribution >= 4 is 28.3 Å². The molecule has 0 heterocycles. The SMILES string of the molecule is C[C@H](C(=O)NC1CCCC1)[S@](=O)Cc1ccccc1Cl. The van der Waals surface area contributed by atoms with Crippen LogP contribution in [0.1, 0.15) is 38.2 Å². The number of hydrogen-bond donors (Lipinski definition) is 1. The third-order valence-electron chi connectivity index (χ3n) is 3.72. The van der Waals surface area contributed by atoms with Crippen LogP contribution in [0.3, 0.4) is 0 Å². The van der Waals surface area contributed by atoms with E-state index in [-0.39, 0.29) is 11.9 Å². The third kappa shape index (κ3) is 4.06. The second-order valence-electron chi connectivity index (χ2n) is 5.25. The van der Waals surface area contributed by atoms with Crippen LogP contribution < -0.4 is 5.32 Å². The Balaban J connectivity index is 1.91. The van der Waals surface area contributed by atoms with Crippen LogP contribution >= 0.6 is 11.6 Å². The molecule has 0 saturated heterocycles. The van der Waals surface area contributed by atoms with Gasteiger partial charge in [-0.15, -0.1) is 0 Å². The Morgan fingerprint density at radius 1 is 1.40 bits per heavy atom. The molecule has 1 fully saturated rings. The molecule has 1 saturated carbocycles. The first-order valence-electron chi connectivity index (χ1n) is 6.99. The van der Waals surface area contributed by atoms with Crippen molar-refractivity contribution in [3.8, 4) is 0 Å². The molecule has 0 bridgehead atoms. The maximum atomic E-state index is 12.3. The number of halogens is 1. The summed E-state index contributed by atoms with van der Waals surface area (Å²) in [5, 5.41) is 3.09. The van der Waals surface area contributed by atoms with E-state index in [0.717, 1.165) is 18.4 Å². The van der Waals surface area contributed by atoms with Crippen LogP contribution in [0.25, 0.3) is 0 Å². The molecule has 0 unspecified atom stereocenters. The minimum atomic E-state index is -1.25. The van der Waals surface area contributed by atoms with Crippen LogP contribution in [0.15, 0.2) is 24.3 Å². The molecule has 0 aliphatic heterocycles. The highest BCUT2D eigenvalue weighted by molar-refractivity contribution is 7.85. The summed E-state index contributed by atoms with van der Waals surface area (Å²) in [5.41, 5.74) is 0.827. The van der Waals surface area contributed by atoms with Crippen molar-refractivity contribution in [3.63, 3.8) is 0 Å². The highest BCUT2D eigenvalue weighted by Crippen LogP contribution is 2.20. The van der Waals surface area contributed by atoms with Gasteiger partial charge >= 0.3 is 0 Å². The van der Waals surface area contributed by atoms with Crippen LogP contribution in [0.5, 0.6) is 0 Å². The first-order valence-corrected chi connectivity index (χ1v) is 8.75. The molecule has 2 rings (SSSR count). The first kappa shape index (κ1) is 15.5. The number of amides is 1. The normalized spacial score (nSPS) is 18.7. The van der Waals surface area contributed by atoms with E-state index in [1.807, 2.05) is 18.2 Å². The van der Waals surface area contributed by atoms with Gasteiger partial charge in [-0.3, -0.25) is 9.00 Å². The van der Waals surface area contributed by atoms with Crippen molar-refractivity contribution in [2.24, 2.45) is 0 Å². The molecule has 20 heavy (non-hydrogen) atoms. The van der Waals surface area contributed by atoms with Crippen molar-refractivity contribution in [2.45, 2.75) is 49.7 Å². The minimum Gasteiger partial charge on any atom is -0.352 e. The summed E-state index contributed by atoms with van der Waals surface area (Å²) in [6.45, 7) is 1.72. The molecule has 3 nitrogen and oxygen atoms in total. The lowest BCUT2D eigenvalue weighted by Gasteiger charge is -2.16. The van der Waals surface area contributed by atoms with Gasteiger partial charge in [0.15, 0.2) is 0 Å². The number of carbonyl (C=O) groups excluding carboxylic acids is 1. The average molecular weight is 314 g/mol. The van der Waals surface area contributed by atoms with E-state index in [0.29, 0.717) is 10.8 Å². The zero-order valence-corrected chi connectivity index (χ0v) is 13.2. The molecule has 0 spiro atoms. The number of nitrogens with one attached hydrogen (secondary N) is 1. The topological polar surface area (TPSA) is 46.2 Å². The summed E-state index contributed by atoms with van der Waals surface area (Å²) >= 11 is 6.06. The lowest BCUT2D eigenvalue weighted by atomic mass is 10.2. The fraction of sp³-hybridized carbons (Fsp3) is 0.533. The monoisotopic (exact) mass is 313 g/mol. The van der Waals surface area contributed by atoms with Gasteiger partial charge < -0.3 is 5.32 Å². The molecule has 1 aliphatic carbocycles. The first-order chi connectivity index (χ1) is 9.58.